The molecule has 10 aromatic rings. The van der Waals surface area contributed by atoms with Gasteiger partial charge < -0.3 is 13.7 Å². The Labute approximate surface area is 304 Å². The second-order valence-corrected chi connectivity index (χ2v) is 13.0. The third kappa shape index (κ3) is 5.45. The molecule has 0 aliphatic heterocycles. The number of hydrogen-bond acceptors (Lipinski definition) is 5. The zero-order valence-corrected chi connectivity index (χ0v) is 28.3. The molecule has 0 amide bonds. The fourth-order valence-electron chi connectivity index (χ4n) is 7.05. The molecule has 8 aromatic carbocycles. The van der Waals surface area contributed by atoms with Crippen molar-refractivity contribution in [2.45, 2.75) is 0 Å². The van der Waals surface area contributed by atoms with Crippen LogP contribution in [-0.4, -0.2) is 9.97 Å². The molecule has 0 saturated heterocycles. The zero-order chi connectivity index (χ0) is 35.3. The van der Waals surface area contributed by atoms with Crippen LogP contribution in [0.15, 0.2) is 179 Å². The minimum Gasteiger partial charge on any atom is -0.436 e. The van der Waals surface area contributed by atoms with Crippen LogP contribution in [0.5, 0.6) is 0 Å². The van der Waals surface area contributed by atoms with Crippen molar-refractivity contribution in [1.82, 2.24) is 9.97 Å². The van der Waals surface area contributed by atoms with Gasteiger partial charge in [0.2, 0.25) is 11.8 Å². The molecule has 248 valence electrons. The van der Waals surface area contributed by atoms with Gasteiger partial charge in [-0.3, -0.25) is 0 Å². The summed E-state index contributed by atoms with van der Waals surface area (Å²) in [7, 11) is 0. The molecule has 0 saturated carbocycles. The van der Waals surface area contributed by atoms with Crippen molar-refractivity contribution in [2.24, 2.45) is 0 Å². The van der Waals surface area contributed by atoms with Gasteiger partial charge in [0, 0.05) is 28.2 Å². The van der Waals surface area contributed by atoms with Crippen LogP contribution in [0, 0.1) is 6.57 Å². The first-order valence-electron chi connectivity index (χ1n) is 17.3. The summed E-state index contributed by atoms with van der Waals surface area (Å²) in [6.45, 7) is 8.26. The normalized spacial score (nSPS) is 11.4. The number of oxazole rings is 2. The van der Waals surface area contributed by atoms with E-state index in [0.717, 1.165) is 66.9 Å². The largest absolute Gasteiger partial charge is 0.436 e. The Morgan fingerprint density at radius 1 is 0.434 bits per heavy atom. The van der Waals surface area contributed by atoms with E-state index in [1.807, 2.05) is 78.9 Å². The predicted molar refractivity (Wildman–Crippen MR) is 214 cm³/mol. The minimum atomic E-state index is 0.565. The third-order valence-corrected chi connectivity index (χ3v) is 9.71. The highest BCUT2D eigenvalue weighted by molar-refractivity contribution is 6.00. The maximum absolute atomic E-state index is 8.26. The quantitative estimate of drug-likeness (QED) is 0.129. The van der Waals surface area contributed by atoms with Crippen molar-refractivity contribution in [3.05, 3.63) is 181 Å². The van der Waals surface area contributed by atoms with Gasteiger partial charge >= 0.3 is 0 Å². The Kier molecular flexibility index (Phi) is 7.09. The monoisotopic (exact) mass is 680 g/mol. The second-order valence-electron chi connectivity index (χ2n) is 13.0. The SMILES string of the molecule is [C-]#[N+]c1cc(N(c2ccc(-c3nc4ccccc4o3)cc2)c2ccc(-c3nc4ccccc4o3)cc2)ccc1-c1ccc2cc3ccccc3cc2c1. The predicted octanol–water partition coefficient (Wildman–Crippen LogP) is 13.3. The molecule has 0 aliphatic rings. The lowest BCUT2D eigenvalue weighted by atomic mass is 9.97. The smallest absolute Gasteiger partial charge is 0.227 e. The Bertz CT molecular complexity index is 2840. The molecular weight excluding hydrogens is 653 g/mol. The molecule has 6 heteroatoms. The summed E-state index contributed by atoms with van der Waals surface area (Å²) in [6.07, 6.45) is 0. The van der Waals surface area contributed by atoms with Gasteiger partial charge in [0.25, 0.3) is 0 Å². The highest BCUT2D eigenvalue weighted by Gasteiger charge is 2.18. The van der Waals surface area contributed by atoms with Gasteiger partial charge in [0.1, 0.15) is 11.0 Å². The number of rotatable bonds is 6. The molecule has 0 unspecified atom stereocenters. The molecule has 6 nitrogen and oxygen atoms in total. The van der Waals surface area contributed by atoms with E-state index < -0.39 is 0 Å². The number of fused-ring (bicyclic) bond motifs is 4. The Hall–Kier alpha value is -7.49. The van der Waals surface area contributed by atoms with E-state index in [-0.39, 0.29) is 0 Å². The first-order chi connectivity index (χ1) is 26.2. The van der Waals surface area contributed by atoms with Crippen LogP contribution in [0.3, 0.4) is 0 Å². The molecule has 0 aliphatic carbocycles. The first kappa shape index (κ1) is 30.3. The van der Waals surface area contributed by atoms with E-state index in [0.29, 0.717) is 17.5 Å². The summed E-state index contributed by atoms with van der Waals surface area (Å²) in [6, 6.07) is 57.2. The van der Waals surface area contributed by atoms with E-state index in [1.54, 1.807) is 0 Å². The van der Waals surface area contributed by atoms with Gasteiger partial charge in [-0.1, -0.05) is 66.7 Å². The van der Waals surface area contributed by atoms with Crippen molar-refractivity contribution in [3.63, 3.8) is 0 Å². The fraction of sp³-hybridized carbons (Fsp3) is 0. The molecule has 2 aromatic heterocycles. The summed E-state index contributed by atoms with van der Waals surface area (Å²) in [4.78, 5) is 15.6. The van der Waals surface area contributed by atoms with E-state index >= 15 is 0 Å². The lowest BCUT2D eigenvalue weighted by Crippen LogP contribution is -2.10. The standard InChI is InChI=1S/C47H28N4O2/c1-48-43-29-39(24-25-40(43)35-15-14-34-26-32-8-2-3-9-33(32)27-36(34)28-35)51(37-20-16-30(17-21-37)46-49-41-10-4-6-12-44(41)52-46)38-22-18-31(19-23-38)47-50-42-11-5-7-13-45(42)53-47/h2-29H. The fourth-order valence-corrected chi connectivity index (χ4v) is 7.05. The molecule has 2 heterocycles. The zero-order valence-electron chi connectivity index (χ0n) is 28.3. The van der Waals surface area contributed by atoms with Crippen molar-refractivity contribution in [2.75, 3.05) is 4.90 Å². The summed E-state index contributed by atoms with van der Waals surface area (Å²) >= 11 is 0. The van der Waals surface area contributed by atoms with E-state index in [4.69, 9.17) is 25.4 Å². The highest BCUT2D eigenvalue weighted by atomic mass is 16.4. The lowest BCUT2D eigenvalue weighted by molar-refractivity contribution is 0.619. The summed E-state index contributed by atoms with van der Waals surface area (Å²) in [5, 5.41) is 4.71. The third-order valence-electron chi connectivity index (χ3n) is 9.71. The van der Waals surface area contributed by atoms with Crippen LogP contribution in [-0.2, 0) is 0 Å². The number of benzene rings is 8. The lowest BCUT2D eigenvalue weighted by Gasteiger charge is -2.26. The highest BCUT2D eigenvalue weighted by Crippen LogP contribution is 2.42. The Balaban J connectivity index is 1.05. The molecule has 0 fully saturated rings. The van der Waals surface area contributed by atoms with Gasteiger partial charge in [-0.15, -0.1) is 0 Å². The van der Waals surface area contributed by atoms with Gasteiger partial charge in [-0.25, -0.2) is 14.8 Å². The van der Waals surface area contributed by atoms with E-state index in [2.05, 4.69) is 101 Å². The van der Waals surface area contributed by atoms with Gasteiger partial charge in [-0.05, 0) is 136 Å². The number of para-hydroxylation sites is 4. The number of nitrogens with zero attached hydrogens (tertiary/aromatic N) is 4. The van der Waals surface area contributed by atoms with Crippen LogP contribution in [0.1, 0.15) is 0 Å². The first-order valence-corrected chi connectivity index (χ1v) is 17.3. The molecule has 53 heavy (non-hydrogen) atoms. The van der Waals surface area contributed by atoms with E-state index in [9.17, 15) is 0 Å². The van der Waals surface area contributed by atoms with Crippen molar-refractivity contribution >= 4 is 66.5 Å². The molecule has 0 spiro atoms. The maximum Gasteiger partial charge on any atom is 0.227 e. The minimum absolute atomic E-state index is 0.565. The van der Waals surface area contributed by atoms with Crippen molar-refractivity contribution in [3.8, 4) is 34.0 Å². The maximum atomic E-state index is 8.26. The molecule has 0 bridgehead atoms. The summed E-state index contributed by atoms with van der Waals surface area (Å²) < 4.78 is 12.1. The van der Waals surface area contributed by atoms with Gasteiger partial charge in [-0.2, -0.15) is 0 Å². The molecule has 0 radical (unpaired) electrons. The number of hydrogen-bond donors (Lipinski definition) is 0. The average molecular weight is 681 g/mol. The van der Waals surface area contributed by atoms with Crippen LogP contribution in [0.2, 0.25) is 0 Å². The summed E-state index contributed by atoms with van der Waals surface area (Å²) in [5.74, 6) is 1.13. The number of aromatic nitrogens is 2. The van der Waals surface area contributed by atoms with E-state index in [1.165, 1.54) is 16.2 Å². The van der Waals surface area contributed by atoms with Crippen LogP contribution in [0.25, 0.3) is 82.6 Å². The second kappa shape index (κ2) is 12.4. The number of anilines is 3. The average Bonchev–Trinajstić information content (AvgIpc) is 3.86. The van der Waals surface area contributed by atoms with Crippen LogP contribution in [0.4, 0.5) is 22.7 Å². The van der Waals surface area contributed by atoms with Crippen molar-refractivity contribution in [1.29, 1.82) is 0 Å². The van der Waals surface area contributed by atoms with Crippen molar-refractivity contribution < 1.29 is 8.83 Å². The summed E-state index contributed by atoms with van der Waals surface area (Å²) in [5.41, 5.74) is 10.0. The Morgan fingerprint density at radius 2 is 0.925 bits per heavy atom. The Morgan fingerprint density at radius 3 is 1.49 bits per heavy atom. The van der Waals surface area contributed by atoms with Crippen LogP contribution >= 0.6 is 0 Å². The molecular formula is C47H28N4O2. The molecule has 0 atom stereocenters. The van der Waals surface area contributed by atoms with Gasteiger partial charge in [0.05, 0.1) is 6.57 Å². The van der Waals surface area contributed by atoms with Gasteiger partial charge in [0.15, 0.2) is 16.9 Å². The topological polar surface area (TPSA) is 59.7 Å². The van der Waals surface area contributed by atoms with Crippen LogP contribution < -0.4 is 4.90 Å². The molecule has 10 rings (SSSR count). The molecule has 0 N–H and O–H groups in total.